The van der Waals surface area contributed by atoms with Crippen molar-refractivity contribution >= 4 is 21.6 Å². The van der Waals surface area contributed by atoms with Crippen LogP contribution < -0.4 is 14.4 Å². The van der Waals surface area contributed by atoms with Crippen LogP contribution in [0.5, 0.6) is 5.75 Å². The van der Waals surface area contributed by atoms with Gasteiger partial charge in [0, 0.05) is 13.0 Å². The molecule has 0 aromatic heterocycles. The summed E-state index contributed by atoms with van der Waals surface area (Å²) in [5.74, 6) is 0.362. The third-order valence-electron chi connectivity index (χ3n) is 4.12. The van der Waals surface area contributed by atoms with E-state index in [1.165, 1.54) is 24.0 Å². The lowest BCUT2D eigenvalue weighted by atomic mass is 10.1. The predicted octanol–water partition coefficient (Wildman–Crippen LogP) is 2.47. The minimum absolute atomic E-state index is 0.103. The van der Waals surface area contributed by atoms with Gasteiger partial charge in [-0.1, -0.05) is 30.3 Å². The van der Waals surface area contributed by atoms with Crippen molar-refractivity contribution in [3.05, 3.63) is 54.1 Å². The third kappa shape index (κ3) is 3.67. The average Bonchev–Trinajstić information content (AvgIpc) is 2.61. The molecular formula is C18H20N2O4S. The van der Waals surface area contributed by atoms with Crippen LogP contribution in [-0.4, -0.2) is 27.5 Å². The molecule has 0 saturated heterocycles. The molecule has 1 aliphatic heterocycles. The molecule has 1 amide bonds. The van der Waals surface area contributed by atoms with Gasteiger partial charge in [0.15, 0.2) is 0 Å². The minimum Gasteiger partial charge on any atom is -0.490 e. The van der Waals surface area contributed by atoms with Crippen LogP contribution >= 0.6 is 0 Å². The van der Waals surface area contributed by atoms with Gasteiger partial charge in [-0.05, 0) is 30.7 Å². The molecule has 6 nitrogen and oxygen atoms in total. The van der Waals surface area contributed by atoms with Crippen LogP contribution in [-0.2, 0) is 14.8 Å². The fourth-order valence-corrected chi connectivity index (χ4v) is 4.05. The summed E-state index contributed by atoms with van der Waals surface area (Å²) in [6.07, 6.45) is 0. The second-order valence-electron chi connectivity index (χ2n) is 5.90. The van der Waals surface area contributed by atoms with Gasteiger partial charge in [-0.25, -0.2) is 13.1 Å². The number of nitrogens with zero attached hydrogens (tertiary/aromatic N) is 1. The fourth-order valence-electron chi connectivity index (χ4n) is 2.80. The van der Waals surface area contributed by atoms with Crippen molar-refractivity contribution < 1.29 is 17.9 Å². The van der Waals surface area contributed by atoms with Crippen LogP contribution in [0.1, 0.15) is 25.5 Å². The molecule has 0 fully saturated rings. The summed E-state index contributed by atoms with van der Waals surface area (Å²) in [7, 11) is -3.73. The van der Waals surface area contributed by atoms with E-state index in [-0.39, 0.29) is 16.8 Å². The van der Waals surface area contributed by atoms with Gasteiger partial charge in [0.05, 0.1) is 17.1 Å². The number of amides is 1. The quantitative estimate of drug-likeness (QED) is 0.909. The van der Waals surface area contributed by atoms with Gasteiger partial charge in [0.1, 0.15) is 12.4 Å². The Kier molecular flexibility index (Phi) is 4.78. The smallest absolute Gasteiger partial charge is 0.241 e. The lowest BCUT2D eigenvalue weighted by molar-refractivity contribution is -0.116. The van der Waals surface area contributed by atoms with E-state index >= 15 is 0 Å². The number of sulfonamides is 1. The molecule has 0 radical (unpaired) electrons. The number of benzene rings is 2. The first-order valence-corrected chi connectivity index (χ1v) is 9.49. The summed E-state index contributed by atoms with van der Waals surface area (Å²) in [5.41, 5.74) is 1.35. The highest BCUT2D eigenvalue weighted by Gasteiger charge is 2.25. The van der Waals surface area contributed by atoms with Gasteiger partial charge in [-0.2, -0.15) is 0 Å². The summed E-state index contributed by atoms with van der Waals surface area (Å²) in [5, 5.41) is 0. The van der Waals surface area contributed by atoms with Gasteiger partial charge in [-0.15, -0.1) is 0 Å². The first-order valence-electron chi connectivity index (χ1n) is 8.01. The van der Waals surface area contributed by atoms with Crippen LogP contribution in [0.2, 0.25) is 0 Å². The zero-order chi connectivity index (χ0) is 18.0. The molecule has 1 atom stereocenters. The summed E-state index contributed by atoms with van der Waals surface area (Å²) in [6, 6.07) is 13.5. The van der Waals surface area contributed by atoms with Crippen LogP contribution in [0.3, 0.4) is 0 Å². The number of hydrogen-bond acceptors (Lipinski definition) is 4. The van der Waals surface area contributed by atoms with Crippen LogP contribution in [0.15, 0.2) is 53.4 Å². The zero-order valence-electron chi connectivity index (χ0n) is 14.1. The van der Waals surface area contributed by atoms with Crippen molar-refractivity contribution in [2.24, 2.45) is 0 Å². The lowest BCUT2D eigenvalue weighted by Gasteiger charge is -2.29. The normalized spacial score (nSPS) is 15.2. The Morgan fingerprint density at radius 2 is 1.92 bits per heavy atom. The number of ether oxygens (including phenoxy) is 1. The Labute approximate surface area is 147 Å². The maximum atomic E-state index is 12.7. The Hall–Kier alpha value is -2.38. The minimum atomic E-state index is -3.73. The SMILES string of the molecule is CC(=O)N1CCOc2ccc(S(=O)(=O)N[C@H](C)c3ccccc3)cc21. The van der Waals surface area contributed by atoms with Crippen molar-refractivity contribution in [3.63, 3.8) is 0 Å². The standard InChI is InChI=1S/C18H20N2O4S/c1-13(15-6-4-3-5-7-15)19-25(22,23)16-8-9-18-17(12-16)20(14(2)21)10-11-24-18/h3-9,12-13,19H,10-11H2,1-2H3/t13-/m1/s1. The molecule has 2 aromatic carbocycles. The van der Waals surface area contributed by atoms with E-state index in [1.54, 1.807) is 13.0 Å². The molecule has 1 N–H and O–H groups in total. The highest BCUT2D eigenvalue weighted by molar-refractivity contribution is 7.89. The van der Waals surface area contributed by atoms with Crippen molar-refractivity contribution in [2.45, 2.75) is 24.8 Å². The summed E-state index contributed by atoms with van der Waals surface area (Å²) < 4.78 is 33.6. The highest BCUT2D eigenvalue weighted by atomic mass is 32.2. The predicted molar refractivity (Wildman–Crippen MR) is 95.1 cm³/mol. The maximum absolute atomic E-state index is 12.7. The van der Waals surface area contributed by atoms with Crippen LogP contribution in [0, 0.1) is 0 Å². The Morgan fingerprint density at radius 1 is 1.20 bits per heavy atom. The van der Waals surface area contributed by atoms with Gasteiger partial charge >= 0.3 is 0 Å². The summed E-state index contributed by atoms with van der Waals surface area (Å²) in [4.78, 5) is 13.4. The number of carbonyl (C=O) groups is 1. The molecule has 132 valence electrons. The van der Waals surface area contributed by atoms with Gasteiger partial charge in [0.2, 0.25) is 15.9 Å². The van der Waals surface area contributed by atoms with E-state index in [1.807, 2.05) is 30.3 Å². The molecule has 0 unspecified atom stereocenters. The monoisotopic (exact) mass is 360 g/mol. The van der Waals surface area contributed by atoms with E-state index in [9.17, 15) is 13.2 Å². The maximum Gasteiger partial charge on any atom is 0.241 e. The molecule has 0 bridgehead atoms. The van der Waals surface area contributed by atoms with E-state index in [0.29, 0.717) is 24.6 Å². The third-order valence-corrected chi connectivity index (χ3v) is 5.65. The molecular weight excluding hydrogens is 340 g/mol. The molecule has 0 saturated carbocycles. The van der Waals surface area contributed by atoms with E-state index < -0.39 is 10.0 Å². The largest absolute Gasteiger partial charge is 0.490 e. The van der Waals surface area contributed by atoms with Crippen molar-refractivity contribution in [2.75, 3.05) is 18.1 Å². The number of carbonyl (C=O) groups excluding carboxylic acids is 1. The molecule has 1 heterocycles. The molecule has 3 rings (SSSR count). The molecule has 7 heteroatoms. The number of nitrogens with one attached hydrogen (secondary N) is 1. The van der Waals surface area contributed by atoms with Crippen LogP contribution in [0.4, 0.5) is 5.69 Å². The van der Waals surface area contributed by atoms with Crippen molar-refractivity contribution in [1.29, 1.82) is 0 Å². The summed E-state index contributed by atoms with van der Waals surface area (Å²) in [6.45, 7) is 4.03. The number of hydrogen-bond donors (Lipinski definition) is 1. The molecule has 0 aliphatic carbocycles. The van der Waals surface area contributed by atoms with Crippen LogP contribution in [0.25, 0.3) is 0 Å². The average molecular weight is 360 g/mol. The van der Waals surface area contributed by atoms with Gasteiger partial charge in [0.25, 0.3) is 0 Å². The molecule has 1 aliphatic rings. The molecule has 2 aromatic rings. The number of rotatable bonds is 4. The lowest BCUT2D eigenvalue weighted by Crippen LogP contribution is -2.36. The van der Waals surface area contributed by atoms with E-state index in [4.69, 9.17) is 4.74 Å². The Morgan fingerprint density at radius 3 is 2.60 bits per heavy atom. The summed E-state index contributed by atoms with van der Waals surface area (Å²) >= 11 is 0. The van der Waals surface area contributed by atoms with Gasteiger partial charge in [-0.3, -0.25) is 4.79 Å². The molecule has 0 spiro atoms. The van der Waals surface area contributed by atoms with Gasteiger partial charge < -0.3 is 9.64 Å². The Balaban J connectivity index is 1.90. The Bertz CT molecular complexity index is 881. The fraction of sp³-hybridized carbons (Fsp3) is 0.278. The van der Waals surface area contributed by atoms with Crippen molar-refractivity contribution in [1.82, 2.24) is 4.72 Å². The highest BCUT2D eigenvalue weighted by Crippen LogP contribution is 2.34. The first-order chi connectivity index (χ1) is 11.9. The molecule has 25 heavy (non-hydrogen) atoms. The topological polar surface area (TPSA) is 75.7 Å². The number of fused-ring (bicyclic) bond motifs is 1. The second kappa shape index (κ2) is 6.85. The second-order valence-corrected chi connectivity index (χ2v) is 7.62. The van der Waals surface area contributed by atoms with E-state index in [2.05, 4.69) is 4.72 Å². The first kappa shape index (κ1) is 17.4. The van der Waals surface area contributed by atoms with E-state index in [0.717, 1.165) is 5.56 Å². The zero-order valence-corrected chi connectivity index (χ0v) is 14.9. The number of anilines is 1. The van der Waals surface area contributed by atoms with Crippen molar-refractivity contribution in [3.8, 4) is 5.75 Å².